The normalized spacial score (nSPS) is 17.7. The van der Waals surface area contributed by atoms with Gasteiger partial charge in [0.05, 0.1) is 17.4 Å². The summed E-state index contributed by atoms with van der Waals surface area (Å²) in [5.74, 6) is 0.200. The molecule has 1 amide bonds. The van der Waals surface area contributed by atoms with E-state index in [1.54, 1.807) is 12.3 Å². The van der Waals surface area contributed by atoms with Crippen molar-refractivity contribution in [2.24, 2.45) is 11.1 Å². The van der Waals surface area contributed by atoms with Crippen molar-refractivity contribution >= 4 is 17.4 Å². The lowest BCUT2D eigenvalue weighted by molar-refractivity contribution is 0.100. The van der Waals surface area contributed by atoms with E-state index in [1.165, 1.54) is 0 Å². The lowest BCUT2D eigenvalue weighted by Gasteiger charge is -2.27. The van der Waals surface area contributed by atoms with Crippen molar-refractivity contribution in [2.75, 3.05) is 23.7 Å². The molecular formula is C14H22N4O. The van der Waals surface area contributed by atoms with E-state index in [9.17, 15) is 4.79 Å². The number of nitrogens with zero attached hydrogens (tertiary/aromatic N) is 2. The number of carbonyl (C=O) groups excluding carboxylic acids is 1. The molecule has 5 heteroatoms. The first-order chi connectivity index (χ1) is 9.01. The summed E-state index contributed by atoms with van der Waals surface area (Å²) in [5, 5.41) is 0. The minimum atomic E-state index is -0.472. The van der Waals surface area contributed by atoms with E-state index in [0.717, 1.165) is 32.4 Å². The van der Waals surface area contributed by atoms with Crippen molar-refractivity contribution in [1.82, 2.24) is 4.98 Å². The van der Waals surface area contributed by atoms with E-state index in [4.69, 9.17) is 11.5 Å². The average Bonchev–Trinajstić information content (AvgIpc) is 2.83. The predicted molar refractivity (Wildman–Crippen MR) is 77.0 cm³/mol. The van der Waals surface area contributed by atoms with Crippen LogP contribution in [0.25, 0.3) is 0 Å². The summed E-state index contributed by atoms with van der Waals surface area (Å²) in [6, 6.07) is 1.61. The second-order valence-corrected chi connectivity index (χ2v) is 5.38. The van der Waals surface area contributed by atoms with E-state index in [0.29, 0.717) is 22.5 Å². The Labute approximate surface area is 114 Å². The fourth-order valence-electron chi connectivity index (χ4n) is 2.85. The smallest absolute Gasteiger partial charge is 0.252 e. The van der Waals surface area contributed by atoms with Gasteiger partial charge < -0.3 is 16.4 Å². The molecule has 2 heterocycles. The molecule has 2 rings (SSSR count). The zero-order valence-corrected chi connectivity index (χ0v) is 11.6. The van der Waals surface area contributed by atoms with Crippen LogP contribution in [0.15, 0.2) is 12.3 Å². The second kappa shape index (κ2) is 5.07. The molecular weight excluding hydrogens is 240 g/mol. The number of nitrogen functional groups attached to an aromatic ring is 1. The molecule has 1 saturated heterocycles. The number of aromatic nitrogens is 1. The first-order valence-electron chi connectivity index (χ1n) is 6.81. The number of primary amides is 1. The third-order valence-electron chi connectivity index (χ3n) is 4.39. The Kier molecular flexibility index (Phi) is 3.64. The molecule has 0 aliphatic carbocycles. The molecule has 0 aromatic carbocycles. The Morgan fingerprint density at radius 1 is 1.47 bits per heavy atom. The maximum Gasteiger partial charge on any atom is 0.252 e. The third kappa shape index (κ3) is 2.50. The highest BCUT2D eigenvalue weighted by atomic mass is 16.1. The largest absolute Gasteiger partial charge is 0.397 e. The van der Waals surface area contributed by atoms with Crippen LogP contribution in [-0.4, -0.2) is 24.0 Å². The lowest BCUT2D eigenvalue weighted by Crippen LogP contribution is -2.29. The minimum Gasteiger partial charge on any atom is -0.397 e. The first-order valence-corrected chi connectivity index (χ1v) is 6.81. The highest BCUT2D eigenvalue weighted by Crippen LogP contribution is 2.39. The van der Waals surface area contributed by atoms with Gasteiger partial charge in [0, 0.05) is 13.1 Å². The van der Waals surface area contributed by atoms with Crippen LogP contribution in [0.1, 0.15) is 43.5 Å². The molecule has 0 saturated carbocycles. The molecule has 4 N–H and O–H groups in total. The fraction of sp³-hybridized carbons (Fsp3) is 0.571. The number of amides is 1. The summed E-state index contributed by atoms with van der Waals surface area (Å²) in [7, 11) is 0. The summed E-state index contributed by atoms with van der Waals surface area (Å²) >= 11 is 0. The zero-order valence-electron chi connectivity index (χ0n) is 11.6. The lowest BCUT2D eigenvalue weighted by atomic mass is 9.82. The second-order valence-electron chi connectivity index (χ2n) is 5.38. The molecule has 1 fully saturated rings. The topological polar surface area (TPSA) is 85.2 Å². The van der Waals surface area contributed by atoms with Crippen LogP contribution in [0.2, 0.25) is 0 Å². The van der Waals surface area contributed by atoms with Gasteiger partial charge in [-0.3, -0.25) is 4.79 Å². The molecule has 1 aromatic rings. The Bertz CT molecular complexity index is 482. The van der Waals surface area contributed by atoms with E-state index in [2.05, 4.69) is 23.7 Å². The molecule has 104 valence electrons. The van der Waals surface area contributed by atoms with Crippen LogP contribution in [0.5, 0.6) is 0 Å². The summed E-state index contributed by atoms with van der Waals surface area (Å²) in [6.45, 7) is 6.28. The van der Waals surface area contributed by atoms with Crippen molar-refractivity contribution in [3.8, 4) is 0 Å². The minimum absolute atomic E-state index is 0.331. The van der Waals surface area contributed by atoms with E-state index in [1.807, 2.05) is 0 Å². The van der Waals surface area contributed by atoms with Crippen LogP contribution < -0.4 is 16.4 Å². The van der Waals surface area contributed by atoms with E-state index < -0.39 is 5.91 Å². The average molecular weight is 262 g/mol. The van der Waals surface area contributed by atoms with Gasteiger partial charge in [-0.25, -0.2) is 4.98 Å². The molecule has 0 bridgehead atoms. The predicted octanol–water partition coefficient (Wildman–Crippen LogP) is 1.78. The van der Waals surface area contributed by atoms with Crippen LogP contribution in [0, 0.1) is 5.41 Å². The summed E-state index contributed by atoms with van der Waals surface area (Å²) in [6.07, 6.45) is 4.99. The molecule has 0 spiro atoms. The number of anilines is 2. The summed E-state index contributed by atoms with van der Waals surface area (Å²) in [5.41, 5.74) is 12.3. The van der Waals surface area contributed by atoms with Gasteiger partial charge in [0.25, 0.3) is 5.91 Å². The molecule has 1 aliphatic rings. The van der Waals surface area contributed by atoms with Crippen LogP contribution in [0.3, 0.4) is 0 Å². The molecule has 0 radical (unpaired) electrons. The van der Waals surface area contributed by atoms with Gasteiger partial charge >= 0.3 is 0 Å². The Morgan fingerprint density at radius 2 is 2.16 bits per heavy atom. The van der Waals surface area contributed by atoms with Gasteiger partial charge in [-0.05, 0) is 30.7 Å². The zero-order chi connectivity index (χ0) is 14.0. The maximum absolute atomic E-state index is 11.5. The highest BCUT2D eigenvalue weighted by molar-refractivity contribution is 5.98. The molecule has 19 heavy (non-hydrogen) atoms. The van der Waals surface area contributed by atoms with Gasteiger partial charge in [-0.2, -0.15) is 0 Å². The van der Waals surface area contributed by atoms with Crippen molar-refractivity contribution in [2.45, 2.75) is 33.1 Å². The Hall–Kier alpha value is -1.78. The van der Waals surface area contributed by atoms with Gasteiger partial charge in [0.2, 0.25) is 0 Å². The first kappa shape index (κ1) is 13.6. The van der Waals surface area contributed by atoms with Gasteiger partial charge in [0.1, 0.15) is 5.82 Å². The number of hydrogen-bond donors (Lipinski definition) is 2. The molecule has 1 aromatic heterocycles. The van der Waals surface area contributed by atoms with Crippen molar-refractivity contribution < 1.29 is 4.79 Å². The van der Waals surface area contributed by atoms with Gasteiger partial charge in [-0.15, -0.1) is 0 Å². The van der Waals surface area contributed by atoms with Gasteiger partial charge in [-0.1, -0.05) is 13.8 Å². The highest BCUT2D eigenvalue weighted by Gasteiger charge is 2.36. The number of nitrogens with two attached hydrogens (primary N) is 2. The third-order valence-corrected chi connectivity index (χ3v) is 4.39. The number of pyridine rings is 1. The SMILES string of the molecule is CCC1(CC)CCN(c2ncc(N)cc2C(N)=O)C1. The Balaban J connectivity index is 2.31. The Morgan fingerprint density at radius 3 is 2.68 bits per heavy atom. The molecule has 0 unspecified atom stereocenters. The van der Waals surface area contributed by atoms with Gasteiger partial charge in [0.15, 0.2) is 0 Å². The van der Waals surface area contributed by atoms with Crippen LogP contribution >= 0.6 is 0 Å². The van der Waals surface area contributed by atoms with Crippen LogP contribution in [-0.2, 0) is 0 Å². The number of carbonyl (C=O) groups is 1. The monoisotopic (exact) mass is 262 g/mol. The summed E-state index contributed by atoms with van der Waals surface area (Å²) in [4.78, 5) is 18.0. The molecule has 5 nitrogen and oxygen atoms in total. The van der Waals surface area contributed by atoms with Crippen molar-refractivity contribution in [3.63, 3.8) is 0 Å². The number of rotatable bonds is 4. The number of hydrogen-bond acceptors (Lipinski definition) is 4. The van der Waals surface area contributed by atoms with Crippen LogP contribution in [0.4, 0.5) is 11.5 Å². The molecule has 0 atom stereocenters. The maximum atomic E-state index is 11.5. The van der Waals surface area contributed by atoms with Crippen molar-refractivity contribution in [1.29, 1.82) is 0 Å². The standard InChI is InChI=1S/C14H22N4O/c1-3-14(4-2)5-6-18(9-14)13-11(12(16)19)7-10(15)8-17-13/h7-8H,3-6,9,15H2,1-2H3,(H2,16,19). The fourth-order valence-corrected chi connectivity index (χ4v) is 2.85. The van der Waals surface area contributed by atoms with E-state index >= 15 is 0 Å². The quantitative estimate of drug-likeness (QED) is 0.866. The summed E-state index contributed by atoms with van der Waals surface area (Å²) < 4.78 is 0. The van der Waals surface area contributed by atoms with E-state index in [-0.39, 0.29) is 0 Å². The van der Waals surface area contributed by atoms with Crippen molar-refractivity contribution in [3.05, 3.63) is 17.8 Å². The molecule has 1 aliphatic heterocycles.